The minimum absolute atomic E-state index is 0.235. The van der Waals surface area contributed by atoms with Crippen molar-refractivity contribution in [1.29, 1.82) is 0 Å². The Morgan fingerprint density at radius 1 is 1.11 bits per heavy atom. The van der Waals surface area contributed by atoms with E-state index in [2.05, 4.69) is 53.0 Å². The molecule has 4 N–H and O–H groups in total. The molecule has 2 amide bonds. The third kappa shape index (κ3) is 6.37. The summed E-state index contributed by atoms with van der Waals surface area (Å²) in [6, 6.07) is 12.8. The van der Waals surface area contributed by atoms with Gasteiger partial charge in [-0.3, -0.25) is 5.10 Å². The number of aromatic nitrogens is 5. The van der Waals surface area contributed by atoms with Crippen LogP contribution in [-0.2, 0) is 0 Å². The quantitative estimate of drug-likeness (QED) is 0.272. The number of furan rings is 1. The second kappa shape index (κ2) is 11.3. The van der Waals surface area contributed by atoms with Gasteiger partial charge in [0.15, 0.2) is 16.7 Å². The van der Waals surface area contributed by atoms with Crippen LogP contribution >= 0.6 is 11.8 Å². The van der Waals surface area contributed by atoms with E-state index in [0.29, 0.717) is 40.9 Å². The van der Waals surface area contributed by atoms with Crippen LogP contribution in [0.3, 0.4) is 0 Å². The molecule has 4 aromatic rings. The number of carbonyl (C=O) groups excluding carboxylic acids is 1. The van der Waals surface area contributed by atoms with Crippen LogP contribution in [0.15, 0.2) is 63.2 Å². The number of nitrogens with zero attached hydrogens (tertiary/aromatic N) is 6. The van der Waals surface area contributed by atoms with Gasteiger partial charge >= 0.3 is 6.03 Å². The molecular weight excluding hydrogens is 492 g/mol. The molecule has 0 bridgehead atoms. The smallest absolute Gasteiger partial charge is 0.319 e. The first-order valence-electron chi connectivity index (χ1n) is 11.9. The fourth-order valence-electron chi connectivity index (χ4n) is 3.70. The molecule has 1 aliphatic rings. The number of nitrogens with one attached hydrogen (secondary N) is 4. The Morgan fingerprint density at radius 3 is 2.65 bits per heavy atom. The van der Waals surface area contributed by atoms with E-state index in [0.717, 1.165) is 36.8 Å². The number of benzene rings is 1. The first kappa shape index (κ1) is 24.6. The van der Waals surface area contributed by atoms with Crippen molar-refractivity contribution < 1.29 is 9.21 Å². The van der Waals surface area contributed by atoms with Crippen molar-refractivity contribution in [3.63, 3.8) is 0 Å². The third-order valence-corrected chi connectivity index (χ3v) is 6.53. The van der Waals surface area contributed by atoms with E-state index in [1.807, 2.05) is 49.4 Å². The van der Waals surface area contributed by atoms with Crippen molar-refractivity contribution in [2.75, 3.05) is 55.3 Å². The molecule has 5 rings (SSSR count). The summed E-state index contributed by atoms with van der Waals surface area (Å²) in [6.45, 7) is 5.96. The highest BCUT2D eigenvalue weighted by Gasteiger charge is 2.19. The molecule has 3 aromatic heterocycles. The highest BCUT2D eigenvalue weighted by molar-refractivity contribution is 7.99. The van der Waals surface area contributed by atoms with Gasteiger partial charge < -0.3 is 30.2 Å². The Hall–Kier alpha value is -4.10. The highest BCUT2D eigenvalue weighted by Crippen LogP contribution is 2.29. The normalized spacial score (nSPS) is 13.9. The Morgan fingerprint density at radius 2 is 1.92 bits per heavy atom. The number of carbonyl (C=O) groups is 1. The van der Waals surface area contributed by atoms with Crippen LogP contribution < -0.4 is 20.9 Å². The number of urea groups is 1. The molecule has 13 heteroatoms. The molecule has 0 aliphatic carbocycles. The molecule has 37 heavy (non-hydrogen) atoms. The topological polar surface area (TPSA) is 140 Å². The molecule has 0 radical (unpaired) electrons. The van der Waals surface area contributed by atoms with E-state index in [9.17, 15) is 4.79 Å². The maximum Gasteiger partial charge on any atom is 0.319 e. The number of piperazine rings is 1. The SMILES string of the molecule is CCNC(=O)Nc1ccc(Sc2nc(Nc3cc(-c4ccco4)[nH]n3)nc(N3CCN(C)CC3)n2)cc1. The average Bonchev–Trinajstić information content (AvgIpc) is 3.58. The molecule has 0 unspecified atom stereocenters. The first-order chi connectivity index (χ1) is 18.1. The molecule has 0 spiro atoms. The largest absolute Gasteiger partial charge is 0.463 e. The van der Waals surface area contributed by atoms with Gasteiger partial charge in [0.05, 0.1) is 6.26 Å². The molecule has 1 aliphatic heterocycles. The van der Waals surface area contributed by atoms with Gasteiger partial charge in [0.25, 0.3) is 0 Å². The lowest BCUT2D eigenvalue weighted by Gasteiger charge is -2.32. The second-order valence-electron chi connectivity index (χ2n) is 8.41. The first-order valence-corrected chi connectivity index (χ1v) is 12.8. The van der Waals surface area contributed by atoms with Crippen molar-refractivity contribution in [2.45, 2.75) is 17.0 Å². The number of hydrogen-bond donors (Lipinski definition) is 4. The molecule has 1 aromatic carbocycles. The zero-order valence-electron chi connectivity index (χ0n) is 20.6. The van der Waals surface area contributed by atoms with Crippen LogP contribution in [0.2, 0.25) is 0 Å². The van der Waals surface area contributed by atoms with Gasteiger partial charge in [-0.1, -0.05) is 0 Å². The summed E-state index contributed by atoms with van der Waals surface area (Å²) in [5.41, 5.74) is 1.45. The van der Waals surface area contributed by atoms with Crippen LogP contribution in [0.4, 0.5) is 28.2 Å². The van der Waals surface area contributed by atoms with Crippen LogP contribution in [-0.4, -0.2) is 75.9 Å². The van der Waals surface area contributed by atoms with E-state index in [4.69, 9.17) is 9.40 Å². The summed E-state index contributed by atoms with van der Waals surface area (Å²) < 4.78 is 5.44. The van der Waals surface area contributed by atoms with Gasteiger partial charge in [-0.25, -0.2) is 4.79 Å². The predicted molar refractivity (Wildman–Crippen MR) is 142 cm³/mol. The van der Waals surface area contributed by atoms with Gasteiger partial charge in [0.2, 0.25) is 11.9 Å². The van der Waals surface area contributed by atoms with Gasteiger partial charge in [-0.15, -0.1) is 0 Å². The van der Waals surface area contributed by atoms with Crippen LogP contribution in [0.5, 0.6) is 0 Å². The minimum atomic E-state index is -0.235. The van der Waals surface area contributed by atoms with Crippen molar-refractivity contribution in [3.8, 4) is 11.5 Å². The molecule has 12 nitrogen and oxygen atoms in total. The average molecular weight is 521 g/mol. The zero-order chi connectivity index (χ0) is 25.6. The van der Waals surface area contributed by atoms with E-state index in [1.54, 1.807) is 6.26 Å². The van der Waals surface area contributed by atoms with Crippen LogP contribution in [0.1, 0.15) is 6.92 Å². The van der Waals surface area contributed by atoms with Gasteiger partial charge in [-0.05, 0) is 62.1 Å². The maximum absolute atomic E-state index is 11.8. The summed E-state index contributed by atoms with van der Waals surface area (Å²) in [5.74, 6) is 2.28. The summed E-state index contributed by atoms with van der Waals surface area (Å²) in [5, 5.41) is 16.5. The molecular formula is C24H28N10O2S. The Labute approximate surface area is 218 Å². The van der Waals surface area contributed by atoms with Crippen LogP contribution in [0, 0.1) is 0 Å². The number of H-pyrrole nitrogens is 1. The molecule has 0 saturated carbocycles. The number of anilines is 4. The van der Waals surface area contributed by atoms with E-state index >= 15 is 0 Å². The second-order valence-corrected chi connectivity index (χ2v) is 9.45. The monoisotopic (exact) mass is 520 g/mol. The lowest BCUT2D eigenvalue weighted by molar-refractivity contribution is 0.252. The van der Waals surface area contributed by atoms with Gasteiger partial charge in [0.1, 0.15) is 5.69 Å². The minimum Gasteiger partial charge on any atom is -0.463 e. The maximum atomic E-state index is 11.8. The molecule has 1 saturated heterocycles. The van der Waals surface area contributed by atoms with Crippen LogP contribution in [0.25, 0.3) is 11.5 Å². The fraction of sp³-hybridized carbons (Fsp3) is 0.292. The van der Waals surface area contributed by atoms with E-state index in [1.165, 1.54) is 11.8 Å². The number of rotatable bonds is 8. The van der Waals surface area contributed by atoms with Gasteiger partial charge in [0, 0.05) is 49.4 Å². The summed E-state index contributed by atoms with van der Waals surface area (Å²) in [4.78, 5) is 31.2. The van der Waals surface area contributed by atoms with E-state index < -0.39 is 0 Å². The standard InChI is InChI=1S/C24H28N10O2S/c1-3-25-23(35)26-16-6-8-17(9-7-16)37-24-29-21(28-22(30-24)34-12-10-33(2)11-13-34)27-20-15-18(31-32-20)19-5-4-14-36-19/h4-9,14-15H,3,10-13H2,1-2H3,(H2,25,26,35)(H2,27,28,29,30,31,32). The third-order valence-electron chi connectivity index (χ3n) is 5.65. The molecule has 0 atom stereocenters. The number of aromatic amines is 1. The van der Waals surface area contributed by atoms with Crippen molar-refractivity contribution in [3.05, 3.63) is 48.7 Å². The zero-order valence-corrected chi connectivity index (χ0v) is 21.4. The summed E-state index contributed by atoms with van der Waals surface area (Å²) in [6.07, 6.45) is 1.61. The van der Waals surface area contributed by atoms with Crippen molar-refractivity contribution in [1.82, 2.24) is 35.4 Å². The highest BCUT2D eigenvalue weighted by atomic mass is 32.2. The lowest BCUT2D eigenvalue weighted by atomic mass is 10.3. The number of amides is 2. The lowest BCUT2D eigenvalue weighted by Crippen LogP contribution is -2.45. The molecule has 4 heterocycles. The Balaban J connectivity index is 1.36. The fourth-order valence-corrected chi connectivity index (χ4v) is 4.44. The Kier molecular flexibility index (Phi) is 7.51. The summed E-state index contributed by atoms with van der Waals surface area (Å²) >= 11 is 1.42. The van der Waals surface area contributed by atoms with Gasteiger partial charge in [-0.2, -0.15) is 20.1 Å². The molecule has 192 valence electrons. The number of likely N-dealkylation sites (N-methyl/N-ethyl adjacent to an activating group) is 1. The number of hydrogen-bond acceptors (Lipinski definition) is 10. The summed E-state index contributed by atoms with van der Waals surface area (Å²) in [7, 11) is 2.11. The van der Waals surface area contributed by atoms with Crippen molar-refractivity contribution in [2.24, 2.45) is 0 Å². The van der Waals surface area contributed by atoms with E-state index in [-0.39, 0.29) is 6.03 Å². The Bertz CT molecular complexity index is 1320. The van der Waals surface area contributed by atoms with Crippen molar-refractivity contribution >= 4 is 41.2 Å². The predicted octanol–water partition coefficient (Wildman–Crippen LogP) is 3.64. The molecule has 1 fully saturated rings.